The van der Waals surface area contributed by atoms with E-state index in [9.17, 15) is 0 Å². The lowest BCUT2D eigenvalue weighted by Crippen LogP contribution is -2.39. The van der Waals surface area contributed by atoms with Crippen LogP contribution in [0.1, 0.15) is 11.6 Å². The standard InChI is InChI=1S/C19H23N5O/c1-20-19(21-11-10-16-9-6-12-25-16)24(2)14-18-22-13-17(23-18)15-7-4-3-5-8-15/h3-9,12-13H,10-11,14H2,1-2H3,(H,20,21)(H,22,23). The highest BCUT2D eigenvalue weighted by molar-refractivity contribution is 5.79. The van der Waals surface area contributed by atoms with Crippen LogP contribution in [0.5, 0.6) is 0 Å². The van der Waals surface area contributed by atoms with Crippen molar-refractivity contribution in [2.75, 3.05) is 20.6 Å². The van der Waals surface area contributed by atoms with E-state index in [1.807, 2.05) is 48.5 Å². The molecule has 0 fully saturated rings. The minimum Gasteiger partial charge on any atom is -0.469 e. The Hall–Kier alpha value is -3.02. The second kappa shape index (κ2) is 8.19. The van der Waals surface area contributed by atoms with Crippen molar-refractivity contribution in [3.63, 3.8) is 0 Å². The smallest absolute Gasteiger partial charge is 0.193 e. The van der Waals surface area contributed by atoms with Gasteiger partial charge in [0.05, 0.1) is 24.7 Å². The molecule has 2 aromatic heterocycles. The van der Waals surface area contributed by atoms with Crippen LogP contribution in [0.3, 0.4) is 0 Å². The fraction of sp³-hybridized carbons (Fsp3) is 0.263. The van der Waals surface area contributed by atoms with Crippen LogP contribution in [0.25, 0.3) is 11.3 Å². The first-order chi connectivity index (χ1) is 12.3. The number of H-pyrrole nitrogens is 1. The molecular weight excluding hydrogens is 314 g/mol. The average Bonchev–Trinajstić information content (AvgIpc) is 3.31. The first-order valence-corrected chi connectivity index (χ1v) is 8.29. The van der Waals surface area contributed by atoms with Crippen LogP contribution in [-0.2, 0) is 13.0 Å². The molecule has 25 heavy (non-hydrogen) atoms. The predicted octanol–water partition coefficient (Wildman–Crippen LogP) is 2.92. The van der Waals surface area contributed by atoms with Gasteiger partial charge in [-0.15, -0.1) is 0 Å². The van der Waals surface area contributed by atoms with Crippen LogP contribution < -0.4 is 5.32 Å². The summed E-state index contributed by atoms with van der Waals surface area (Å²) in [6.45, 7) is 1.41. The van der Waals surface area contributed by atoms with Gasteiger partial charge in [-0.2, -0.15) is 0 Å². The van der Waals surface area contributed by atoms with Crippen LogP contribution in [0.2, 0.25) is 0 Å². The van der Waals surface area contributed by atoms with E-state index in [1.54, 1.807) is 13.3 Å². The van der Waals surface area contributed by atoms with Crippen molar-refractivity contribution >= 4 is 5.96 Å². The van der Waals surface area contributed by atoms with Crippen molar-refractivity contribution in [3.05, 3.63) is 66.5 Å². The largest absolute Gasteiger partial charge is 0.469 e. The number of guanidine groups is 1. The van der Waals surface area contributed by atoms with E-state index in [-0.39, 0.29) is 0 Å². The van der Waals surface area contributed by atoms with Gasteiger partial charge in [0.25, 0.3) is 0 Å². The molecule has 3 aromatic rings. The lowest BCUT2D eigenvalue weighted by atomic mass is 10.2. The zero-order chi connectivity index (χ0) is 17.5. The van der Waals surface area contributed by atoms with E-state index >= 15 is 0 Å². The predicted molar refractivity (Wildman–Crippen MR) is 99.3 cm³/mol. The summed E-state index contributed by atoms with van der Waals surface area (Å²) in [5.74, 6) is 2.68. The van der Waals surface area contributed by atoms with Crippen molar-refractivity contribution < 1.29 is 4.42 Å². The monoisotopic (exact) mass is 337 g/mol. The van der Waals surface area contributed by atoms with Gasteiger partial charge in [0, 0.05) is 27.1 Å². The minimum absolute atomic E-state index is 0.646. The molecule has 6 heteroatoms. The molecule has 0 atom stereocenters. The van der Waals surface area contributed by atoms with Crippen LogP contribution in [-0.4, -0.2) is 41.5 Å². The third kappa shape index (κ3) is 4.50. The van der Waals surface area contributed by atoms with Gasteiger partial charge in [0.1, 0.15) is 11.6 Å². The highest BCUT2D eigenvalue weighted by atomic mass is 16.3. The second-order valence-electron chi connectivity index (χ2n) is 5.77. The molecule has 6 nitrogen and oxygen atoms in total. The molecule has 0 aliphatic rings. The van der Waals surface area contributed by atoms with E-state index in [0.29, 0.717) is 6.54 Å². The second-order valence-corrected chi connectivity index (χ2v) is 5.77. The molecule has 1 aromatic carbocycles. The topological polar surface area (TPSA) is 69.5 Å². The van der Waals surface area contributed by atoms with Crippen molar-refractivity contribution in [2.45, 2.75) is 13.0 Å². The van der Waals surface area contributed by atoms with E-state index in [2.05, 4.69) is 32.4 Å². The number of nitrogens with one attached hydrogen (secondary N) is 2. The van der Waals surface area contributed by atoms with Crippen LogP contribution >= 0.6 is 0 Å². The first-order valence-electron chi connectivity index (χ1n) is 8.29. The number of hydrogen-bond donors (Lipinski definition) is 2. The zero-order valence-electron chi connectivity index (χ0n) is 14.6. The van der Waals surface area contributed by atoms with Gasteiger partial charge < -0.3 is 19.6 Å². The maximum atomic E-state index is 5.34. The molecule has 0 bridgehead atoms. The van der Waals surface area contributed by atoms with E-state index in [1.165, 1.54) is 0 Å². The maximum absolute atomic E-state index is 5.34. The Morgan fingerprint density at radius 1 is 1.24 bits per heavy atom. The fourth-order valence-corrected chi connectivity index (χ4v) is 2.64. The summed E-state index contributed by atoms with van der Waals surface area (Å²) >= 11 is 0. The highest BCUT2D eigenvalue weighted by Crippen LogP contribution is 2.16. The number of furan rings is 1. The number of aromatic nitrogens is 2. The summed E-state index contributed by atoms with van der Waals surface area (Å²) in [6, 6.07) is 14.1. The third-order valence-electron chi connectivity index (χ3n) is 3.91. The molecule has 0 aliphatic carbocycles. The summed E-state index contributed by atoms with van der Waals surface area (Å²) in [7, 11) is 3.77. The van der Waals surface area contributed by atoms with Gasteiger partial charge in [-0.3, -0.25) is 4.99 Å². The number of aromatic amines is 1. The number of nitrogens with zero attached hydrogens (tertiary/aromatic N) is 3. The highest BCUT2D eigenvalue weighted by Gasteiger charge is 2.10. The SMILES string of the molecule is CN=C(NCCc1ccco1)N(C)Cc1ncc(-c2ccccc2)[nH]1. The molecule has 2 N–H and O–H groups in total. The summed E-state index contributed by atoms with van der Waals surface area (Å²) in [4.78, 5) is 14.2. The van der Waals surface area contributed by atoms with E-state index < -0.39 is 0 Å². The number of rotatable bonds is 6. The van der Waals surface area contributed by atoms with Gasteiger partial charge in [-0.1, -0.05) is 30.3 Å². The minimum atomic E-state index is 0.646. The molecule has 2 heterocycles. The number of aliphatic imine (C=N–C) groups is 1. The van der Waals surface area contributed by atoms with Gasteiger partial charge in [0.2, 0.25) is 0 Å². The molecule has 0 saturated carbocycles. The Balaban J connectivity index is 1.55. The molecule has 0 spiro atoms. The Bertz CT molecular complexity index is 792. The van der Waals surface area contributed by atoms with Crippen molar-refractivity contribution in [3.8, 4) is 11.3 Å². The van der Waals surface area contributed by atoms with Crippen LogP contribution in [0, 0.1) is 0 Å². The Morgan fingerprint density at radius 2 is 2.08 bits per heavy atom. The summed E-state index contributed by atoms with van der Waals surface area (Å²) < 4.78 is 5.34. The lowest BCUT2D eigenvalue weighted by molar-refractivity contribution is 0.459. The number of imidazole rings is 1. The van der Waals surface area contributed by atoms with Gasteiger partial charge in [0.15, 0.2) is 5.96 Å². The Labute approximate surface area is 147 Å². The van der Waals surface area contributed by atoms with Crippen molar-refractivity contribution in [1.29, 1.82) is 0 Å². The van der Waals surface area contributed by atoms with Gasteiger partial charge >= 0.3 is 0 Å². The molecule has 0 radical (unpaired) electrons. The number of benzene rings is 1. The molecule has 0 aliphatic heterocycles. The molecule has 0 amide bonds. The summed E-state index contributed by atoms with van der Waals surface area (Å²) in [5.41, 5.74) is 2.15. The lowest BCUT2D eigenvalue weighted by Gasteiger charge is -2.20. The molecular formula is C19H23N5O. The van der Waals surface area contributed by atoms with E-state index in [4.69, 9.17) is 4.42 Å². The van der Waals surface area contributed by atoms with Crippen LogP contribution in [0.4, 0.5) is 0 Å². The third-order valence-corrected chi connectivity index (χ3v) is 3.91. The quantitative estimate of drug-likeness (QED) is 0.536. The Morgan fingerprint density at radius 3 is 2.80 bits per heavy atom. The summed E-state index contributed by atoms with van der Waals surface area (Å²) in [6.07, 6.45) is 4.38. The zero-order valence-corrected chi connectivity index (χ0v) is 14.6. The fourth-order valence-electron chi connectivity index (χ4n) is 2.64. The molecule has 130 valence electrons. The Kier molecular flexibility index (Phi) is 5.51. The van der Waals surface area contributed by atoms with Gasteiger partial charge in [-0.05, 0) is 17.7 Å². The van der Waals surface area contributed by atoms with Crippen LogP contribution in [0.15, 0.2) is 64.3 Å². The summed E-state index contributed by atoms with van der Waals surface area (Å²) in [5, 5.41) is 3.34. The van der Waals surface area contributed by atoms with Crippen molar-refractivity contribution in [2.24, 2.45) is 4.99 Å². The molecule has 3 rings (SSSR count). The normalized spacial score (nSPS) is 11.5. The maximum Gasteiger partial charge on any atom is 0.193 e. The van der Waals surface area contributed by atoms with Crippen molar-refractivity contribution in [1.82, 2.24) is 20.2 Å². The number of hydrogen-bond acceptors (Lipinski definition) is 3. The van der Waals surface area contributed by atoms with Gasteiger partial charge in [-0.25, -0.2) is 4.98 Å². The molecule has 0 saturated heterocycles. The average molecular weight is 337 g/mol. The first kappa shape index (κ1) is 16.8. The van der Waals surface area contributed by atoms with E-state index in [0.717, 1.165) is 41.8 Å². The molecule has 0 unspecified atom stereocenters.